The first-order valence-electron chi connectivity index (χ1n) is 10.2. The van der Waals surface area contributed by atoms with Crippen LogP contribution in [0.1, 0.15) is 37.8 Å². The topological polar surface area (TPSA) is 32.8 Å². The van der Waals surface area contributed by atoms with Crippen LogP contribution >= 0.6 is 0 Å². The molecule has 1 heterocycles. The number of anilines is 1. The summed E-state index contributed by atoms with van der Waals surface area (Å²) < 4.78 is 5.32. The van der Waals surface area contributed by atoms with Crippen LogP contribution in [-0.4, -0.2) is 44.1 Å². The summed E-state index contributed by atoms with van der Waals surface area (Å²) in [5.41, 5.74) is 3.60. The summed E-state index contributed by atoms with van der Waals surface area (Å²) in [5.74, 6) is 1.63. The molecular formula is C24H32N2O2. The van der Waals surface area contributed by atoms with Crippen LogP contribution in [0.2, 0.25) is 0 Å². The number of methoxy groups -OCH3 is 1. The van der Waals surface area contributed by atoms with E-state index in [1.54, 1.807) is 7.11 Å². The van der Waals surface area contributed by atoms with Crippen molar-refractivity contribution in [2.75, 3.05) is 38.2 Å². The molecule has 0 spiro atoms. The maximum absolute atomic E-state index is 13.0. The summed E-state index contributed by atoms with van der Waals surface area (Å²) in [7, 11) is 1.69. The number of piperazine rings is 1. The summed E-state index contributed by atoms with van der Waals surface area (Å²) >= 11 is 0. The van der Waals surface area contributed by atoms with Crippen molar-refractivity contribution < 1.29 is 9.53 Å². The Morgan fingerprint density at radius 3 is 2.29 bits per heavy atom. The molecule has 0 bridgehead atoms. The Labute approximate surface area is 169 Å². The van der Waals surface area contributed by atoms with Gasteiger partial charge >= 0.3 is 0 Å². The summed E-state index contributed by atoms with van der Waals surface area (Å²) in [6.07, 6.45) is 1.08. The van der Waals surface area contributed by atoms with Gasteiger partial charge in [-0.1, -0.05) is 44.2 Å². The van der Waals surface area contributed by atoms with E-state index in [1.165, 1.54) is 5.56 Å². The van der Waals surface area contributed by atoms with E-state index in [0.29, 0.717) is 5.92 Å². The van der Waals surface area contributed by atoms with Gasteiger partial charge in [0.2, 0.25) is 5.91 Å². The van der Waals surface area contributed by atoms with Crippen molar-refractivity contribution >= 4 is 11.6 Å². The average molecular weight is 381 g/mol. The summed E-state index contributed by atoms with van der Waals surface area (Å²) in [6.45, 7) is 9.68. The highest BCUT2D eigenvalue weighted by Gasteiger charge is 2.26. The Balaban J connectivity index is 1.58. The molecular weight excluding hydrogens is 348 g/mol. The SMILES string of the molecule is COc1cccc(N2CCN(C(=O)C(C)c3ccc(CC(C)C)cc3)CC2)c1. The van der Waals surface area contributed by atoms with E-state index < -0.39 is 0 Å². The largest absolute Gasteiger partial charge is 0.497 e. The smallest absolute Gasteiger partial charge is 0.229 e. The standard InChI is InChI=1S/C24H32N2O2/c1-18(2)16-20-8-10-21(11-9-20)19(3)24(27)26-14-12-25(13-15-26)22-6-5-7-23(17-22)28-4/h5-11,17-19H,12-16H2,1-4H3. The first-order chi connectivity index (χ1) is 13.5. The number of amides is 1. The van der Waals surface area contributed by atoms with Crippen molar-refractivity contribution in [3.05, 3.63) is 59.7 Å². The summed E-state index contributed by atoms with van der Waals surface area (Å²) in [6, 6.07) is 16.7. The third-order valence-electron chi connectivity index (χ3n) is 5.50. The van der Waals surface area contributed by atoms with Crippen molar-refractivity contribution in [1.82, 2.24) is 4.90 Å². The van der Waals surface area contributed by atoms with Gasteiger partial charge < -0.3 is 14.5 Å². The Hall–Kier alpha value is -2.49. The zero-order valence-electron chi connectivity index (χ0n) is 17.5. The van der Waals surface area contributed by atoms with Crippen molar-refractivity contribution in [1.29, 1.82) is 0 Å². The number of rotatable bonds is 6. The molecule has 2 aromatic carbocycles. The number of carbonyl (C=O) groups is 1. The highest BCUT2D eigenvalue weighted by atomic mass is 16.5. The molecule has 150 valence electrons. The molecule has 0 aromatic heterocycles. The molecule has 0 aliphatic carbocycles. The number of hydrogen-bond donors (Lipinski definition) is 0. The maximum Gasteiger partial charge on any atom is 0.229 e. The lowest BCUT2D eigenvalue weighted by molar-refractivity contribution is -0.132. The predicted octanol–water partition coefficient (Wildman–Crippen LogP) is 4.35. The fraction of sp³-hybridized carbons (Fsp3) is 0.458. The number of ether oxygens (including phenoxy) is 1. The van der Waals surface area contributed by atoms with Gasteiger partial charge in [-0.25, -0.2) is 0 Å². The normalized spacial score (nSPS) is 15.6. The Morgan fingerprint density at radius 2 is 1.68 bits per heavy atom. The van der Waals surface area contributed by atoms with Crippen LogP contribution in [0.4, 0.5) is 5.69 Å². The number of benzene rings is 2. The highest BCUT2D eigenvalue weighted by Crippen LogP contribution is 2.24. The third-order valence-corrected chi connectivity index (χ3v) is 5.50. The molecule has 0 saturated carbocycles. The van der Waals surface area contributed by atoms with E-state index in [-0.39, 0.29) is 11.8 Å². The van der Waals surface area contributed by atoms with Crippen LogP contribution in [0.5, 0.6) is 5.75 Å². The molecule has 4 nitrogen and oxygen atoms in total. The van der Waals surface area contributed by atoms with Gasteiger partial charge in [0.15, 0.2) is 0 Å². The fourth-order valence-corrected chi connectivity index (χ4v) is 3.82. The van der Waals surface area contributed by atoms with Crippen LogP contribution in [-0.2, 0) is 11.2 Å². The lowest BCUT2D eigenvalue weighted by atomic mass is 9.95. The summed E-state index contributed by atoms with van der Waals surface area (Å²) in [5, 5.41) is 0. The lowest BCUT2D eigenvalue weighted by Gasteiger charge is -2.37. The average Bonchev–Trinajstić information content (AvgIpc) is 2.73. The highest BCUT2D eigenvalue weighted by molar-refractivity contribution is 5.83. The number of carbonyl (C=O) groups excluding carboxylic acids is 1. The molecule has 1 aliphatic rings. The fourth-order valence-electron chi connectivity index (χ4n) is 3.82. The Morgan fingerprint density at radius 1 is 1.00 bits per heavy atom. The molecule has 0 radical (unpaired) electrons. The molecule has 4 heteroatoms. The molecule has 1 saturated heterocycles. The zero-order valence-corrected chi connectivity index (χ0v) is 17.5. The van der Waals surface area contributed by atoms with E-state index in [9.17, 15) is 4.79 Å². The van der Waals surface area contributed by atoms with Crippen molar-refractivity contribution in [2.24, 2.45) is 5.92 Å². The van der Waals surface area contributed by atoms with Crippen LogP contribution in [0.3, 0.4) is 0 Å². The predicted molar refractivity (Wildman–Crippen MR) is 115 cm³/mol. The van der Waals surface area contributed by atoms with Crippen LogP contribution in [0.15, 0.2) is 48.5 Å². The second kappa shape index (κ2) is 9.13. The molecule has 1 aliphatic heterocycles. The van der Waals surface area contributed by atoms with E-state index in [0.717, 1.165) is 49.6 Å². The molecule has 2 aromatic rings. The van der Waals surface area contributed by atoms with Gasteiger partial charge in [-0.2, -0.15) is 0 Å². The van der Waals surface area contributed by atoms with E-state index in [4.69, 9.17) is 4.74 Å². The second-order valence-corrected chi connectivity index (χ2v) is 8.08. The first kappa shape index (κ1) is 20.2. The molecule has 1 fully saturated rings. The van der Waals surface area contributed by atoms with Crippen LogP contribution in [0, 0.1) is 5.92 Å². The minimum atomic E-state index is -0.100. The van der Waals surface area contributed by atoms with E-state index >= 15 is 0 Å². The Bertz CT molecular complexity index is 777. The molecule has 28 heavy (non-hydrogen) atoms. The second-order valence-electron chi connectivity index (χ2n) is 8.08. The van der Waals surface area contributed by atoms with Crippen molar-refractivity contribution in [3.8, 4) is 5.75 Å². The molecule has 1 unspecified atom stereocenters. The number of nitrogens with zero attached hydrogens (tertiary/aromatic N) is 2. The third kappa shape index (κ3) is 4.86. The van der Waals surface area contributed by atoms with E-state index in [2.05, 4.69) is 55.1 Å². The van der Waals surface area contributed by atoms with Crippen LogP contribution < -0.4 is 9.64 Å². The first-order valence-corrected chi connectivity index (χ1v) is 10.2. The zero-order chi connectivity index (χ0) is 20.1. The monoisotopic (exact) mass is 380 g/mol. The lowest BCUT2D eigenvalue weighted by Crippen LogP contribution is -2.49. The minimum absolute atomic E-state index is 0.100. The molecule has 1 atom stereocenters. The van der Waals surface area contributed by atoms with Crippen molar-refractivity contribution in [3.63, 3.8) is 0 Å². The van der Waals surface area contributed by atoms with Gasteiger partial charge in [-0.3, -0.25) is 4.79 Å². The summed E-state index contributed by atoms with van der Waals surface area (Å²) in [4.78, 5) is 17.3. The van der Waals surface area contributed by atoms with Gasteiger partial charge in [0.25, 0.3) is 0 Å². The Kier molecular flexibility index (Phi) is 6.61. The van der Waals surface area contributed by atoms with Crippen LogP contribution in [0.25, 0.3) is 0 Å². The van der Waals surface area contributed by atoms with Gasteiger partial charge in [-0.05, 0) is 42.5 Å². The van der Waals surface area contributed by atoms with Gasteiger partial charge in [0.05, 0.1) is 13.0 Å². The van der Waals surface area contributed by atoms with E-state index in [1.807, 2.05) is 24.0 Å². The molecule has 3 rings (SSSR count). The quantitative estimate of drug-likeness (QED) is 0.747. The maximum atomic E-state index is 13.0. The number of hydrogen-bond acceptors (Lipinski definition) is 3. The van der Waals surface area contributed by atoms with Gasteiger partial charge in [0, 0.05) is 37.9 Å². The van der Waals surface area contributed by atoms with Gasteiger partial charge in [0.1, 0.15) is 5.75 Å². The van der Waals surface area contributed by atoms with Crippen molar-refractivity contribution in [2.45, 2.75) is 33.1 Å². The minimum Gasteiger partial charge on any atom is -0.497 e. The molecule has 1 amide bonds. The van der Waals surface area contributed by atoms with Gasteiger partial charge in [-0.15, -0.1) is 0 Å². The molecule has 0 N–H and O–H groups in total.